The number of aliphatic hydroxyl groups is 1. The molecule has 1 unspecified atom stereocenters. The lowest BCUT2D eigenvalue weighted by Gasteiger charge is -2.25. The lowest BCUT2D eigenvalue weighted by atomic mass is 9.84. The lowest BCUT2D eigenvalue weighted by Crippen LogP contribution is -2.15. The summed E-state index contributed by atoms with van der Waals surface area (Å²) in [6, 6.07) is 2.73. The highest BCUT2D eigenvalue weighted by Crippen LogP contribution is 2.36. The average Bonchev–Trinajstić information content (AvgIpc) is 2.36. The van der Waals surface area contributed by atoms with E-state index >= 15 is 0 Å². The van der Waals surface area contributed by atoms with E-state index in [1.165, 1.54) is 12.5 Å². The molecule has 0 aliphatic heterocycles. The minimum Gasteiger partial charge on any atom is -0.388 e. The van der Waals surface area contributed by atoms with Crippen LogP contribution in [-0.4, -0.2) is 5.11 Å². The molecule has 0 bridgehead atoms. The maximum atomic E-state index is 13.6. The van der Waals surface area contributed by atoms with Gasteiger partial charge in [-0.3, -0.25) is 0 Å². The molecule has 0 heterocycles. The Balaban J connectivity index is 2.15. The van der Waals surface area contributed by atoms with E-state index in [9.17, 15) is 22.7 Å². The van der Waals surface area contributed by atoms with E-state index in [0.29, 0.717) is 0 Å². The van der Waals surface area contributed by atoms with Gasteiger partial charge in [0.15, 0.2) is 0 Å². The molecule has 0 aromatic heterocycles. The fourth-order valence-corrected chi connectivity index (χ4v) is 3.02. The van der Waals surface area contributed by atoms with Crippen molar-refractivity contribution in [3.8, 4) is 0 Å². The highest BCUT2D eigenvalue weighted by atomic mass is 19.4. The first kappa shape index (κ1) is 16.3. The van der Waals surface area contributed by atoms with Crippen molar-refractivity contribution in [1.82, 2.24) is 0 Å². The predicted octanol–water partition coefficient (Wildman–Crippen LogP) is 5.24. The van der Waals surface area contributed by atoms with Crippen LogP contribution in [0.15, 0.2) is 18.2 Å². The Labute approximate surface area is 122 Å². The van der Waals surface area contributed by atoms with E-state index < -0.39 is 23.7 Å². The predicted molar refractivity (Wildman–Crippen MR) is 72.2 cm³/mol. The zero-order valence-corrected chi connectivity index (χ0v) is 11.8. The van der Waals surface area contributed by atoms with Gasteiger partial charge in [0.1, 0.15) is 5.82 Å². The Morgan fingerprint density at radius 1 is 1.00 bits per heavy atom. The van der Waals surface area contributed by atoms with Crippen LogP contribution < -0.4 is 0 Å². The maximum absolute atomic E-state index is 13.6. The molecule has 2 rings (SSSR count). The van der Waals surface area contributed by atoms with Crippen molar-refractivity contribution in [2.45, 2.75) is 57.2 Å². The third-order valence-corrected chi connectivity index (χ3v) is 4.24. The molecule has 0 saturated heterocycles. The fourth-order valence-electron chi connectivity index (χ4n) is 3.02. The van der Waals surface area contributed by atoms with Crippen molar-refractivity contribution >= 4 is 0 Å². The van der Waals surface area contributed by atoms with E-state index in [4.69, 9.17) is 0 Å². The molecule has 5 heteroatoms. The molecule has 0 amide bonds. The molecular formula is C16H20F4O. The summed E-state index contributed by atoms with van der Waals surface area (Å²) in [5.41, 5.74) is -1.04. The van der Waals surface area contributed by atoms with Gasteiger partial charge in [0, 0.05) is 0 Å². The highest BCUT2D eigenvalue weighted by Gasteiger charge is 2.34. The highest BCUT2D eigenvalue weighted by molar-refractivity contribution is 5.28. The van der Waals surface area contributed by atoms with Crippen molar-refractivity contribution in [3.63, 3.8) is 0 Å². The van der Waals surface area contributed by atoms with Gasteiger partial charge >= 0.3 is 6.18 Å². The van der Waals surface area contributed by atoms with Crippen LogP contribution in [0.25, 0.3) is 0 Å². The Bertz CT molecular complexity index is 462. The SMILES string of the molecule is OC(c1ccc(C(F)(F)F)c(F)c1)C1CCCCCCC1. The van der Waals surface area contributed by atoms with Crippen molar-refractivity contribution in [1.29, 1.82) is 0 Å². The zero-order valence-electron chi connectivity index (χ0n) is 11.8. The van der Waals surface area contributed by atoms with Crippen molar-refractivity contribution < 1.29 is 22.7 Å². The minimum absolute atomic E-state index is 0.00133. The minimum atomic E-state index is -4.70. The van der Waals surface area contributed by atoms with E-state index in [1.54, 1.807) is 0 Å². The number of rotatable bonds is 2. The second-order valence-corrected chi connectivity index (χ2v) is 5.79. The number of hydrogen-bond donors (Lipinski definition) is 1. The third kappa shape index (κ3) is 4.19. The van der Waals surface area contributed by atoms with Crippen molar-refractivity contribution in [2.24, 2.45) is 5.92 Å². The van der Waals surface area contributed by atoms with Crippen LogP contribution in [0.1, 0.15) is 62.2 Å². The summed E-state index contributed by atoms with van der Waals surface area (Å²) >= 11 is 0. The molecule has 1 aliphatic carbocycles. The number of aliphatic hydroxyl groups excluding tert-OH is 1. The number of hydrogen-bond acceptors (Lipinski definition) is 1. The molecule has 1 nitrogen and oxygen atoms in total. The average molecular weight is 304 g/mol. The second kappa shape index (κ2) is 6.77. The van der Waals surface area contributed by atoms with Gasteiger partial charge in [-0.05, 0) is 36.5 Å². The van der Waals surface area contributed by atoms with Gasteiger partial charge in [-0.25, -0.2) is 4.39 Å². The van der Waals surface area contributed by atoms with Crippen LogP contribution in [-0.2, 0) is 6.18 Å². The van der Waals surface area contributed by atoms with Crippen LogP contribution in [0.5, 0.6) is 0 Å². The maximum Gasteiger partial charge on any atom is 0.419 e. The molecule has 1 saturated carbocycles. The molecule has 1 atom stereocenters. The molecule has 118 valence electrons. The molecule has 1 aliphatic rings. The van der Waals surface area contributed by atoms with Gasteiger partial charge in [0.2, 0.25) is 0 Å². The largest absolute Gasteiger partial charge is 0.419 e. The van der Waals surface area contributed by atoms with Crippen LogP contribution in [0, 0.1) is 11.7 Å². The smallest absolute Gasteiger partial charge is 0.388 e. The number of benzene rings is 1. The van der Waals surface area contributed by atoms with Crippen LogP contribution in [0.4, 0.5) is 17.6 Å². The molecule has 0 spiro atoms. The zero-order chi connectivity index (χ0) is 15.5. The van der Waals surface area contributed by atoms with E-state index in [2.05, 4.69) is 0 Å². The van der Waals surface area contributed by atoms with Crippen molar-refractivity contribution in [3.05, 3.63) is 35.1 Å². The summed E-state index contributed by atoms with van der Waals surface area (Å²) in [7, 11) is 0. The molecule has 1 N–H and O–H groups in total. The van der Waals surface area contributed by atoms with Crippen LogP contribution in [0.3, 0.4) is 0 Å². The second-order valence-electron chi connectivity index (χ2n) is 5.79. The summed E-state index contributed by atoms with van der Waals surface area (Å²) in [5.74, 6) is -1.31. The summed E-state index contributed by atoms with van der Waals surface area (Å²) < 4.78 is 51.2. The number of halogens is 4. The topological polar surface area (TPSA) is 20.2 Å². The Kier molecular flexibility index (Phi) is 5.25. The fraction of sp³-hybridized carbons (Fsp3) is 0.625. The summed E-state index contributed by atoms with van der Waals surface area (Å²) in [5, 5.41) is 10.3. The molecular weight excluding hydrogens is 284 g/mol. The number of alkyl halides is 3. The van der Waals surface area contributed by atoms with E-state index in [0.717, 1.165) is 50.7 Å². The molecule has 21 heavy (non-hydrogen) atoms. The Hall–Kier alpha value is -1.10. The summed E-state index contributed by atoms with van der Waals surface area (Å²) in [6.07, 6.45) is 1.52. The molecule has 0 radical (unpaired) electrons. The Morgan fingerprint density at radius 3 is 2.10 bits per heavy atom. The van der Waals surface area contributed by atoms with Gasteiger partial charge in [-0.2, -0.15) is 13.2 Å². The first-order valence-corrected chi connectivity index (χ1v) is 7.44. The molecule has 1 aromatic rings. The quantitative estimate of drug-likeness (QED) is 0.741. The monoisotopic (exact) mass is 304 g/mol. The first-order chi connectivity index (χ1) is 9.89. The summed E-state index contributed by atoms with van der Waals surface area (Å²) in [4.78, 5) is 0. The summed E-state index contributed by atoms with van der Waals surface area (Å²) in [6.45, 7) is 0. The van der Waals surface area contributed by atoms with Gasteiger partial charge in [0.05, 0.1) is 11.7 Å². The van der Waals surface area contributed by atoms with Gasteiger partial charge in [0.25, 0.3) is 0 Å². The third-order valence-electron chi connectivity index (χ3n) is 4.24. The van der Waals surface area contributed by atoms with Gasteiger partial charge < -0.3 is 5.11 Å². The standard InChI is InChI=1S/C16H20F4O/c17-14-10-12(8-9-13(14)16(18,19)20)15(21)11-6-4-2-1-3-5-7-11/h8-11,15,21H,1-7H2. The normalized spacial score (nSPS) is 19.9. The van der Waals surface area contributed by atoms with Crippen LogP contribution >= 0.6 is 0 Å². The van der Waals surface area contributed by atoms with Gasteiger partial charge in [-0.1, -0.05) is 38.2 Å². The molecule has 1 aromatic carbocycles. The van der Waals surface area contributed by atoms with Gasteiger partial charge in [-0.15, -0.1) is 0 Å². The van der Waals surface area contributed by atoms with Crippen molar-refractivity contribution in [2.75, 3.05) is 0 Å². The van der Waals surface area contributed by atoms with Crippen LogP contribution in [0.2, 0.25) is 0 Å². The Morgan fingerprint density at radius 2 is 1.57 bits per heavy atom. The first-order valence-electron chi connectivity index (χ1n) is 7.44. The lowest BCUT2D eigenvalue weighted by molar-refractivity contribution is -0.140. The van der Waals surface area contributed by atoms with E-state index in [1.807, 2.05) is 0 Å². The van der Waals surface area contributed by atoms with E-state index in [-0.39, 0.29) is 11.5 Å². The molecule has 1 fully saturated rings.